The molecule has 0 radical (unpaired) electrons. The van der Waals surface area contributed by atoms with Gasteiger partial charge < -0.3 is 5.11 Å². The molecule has 1 aromatic carbocycles. The Kier molecular flexibility index (Phi) is 3.29. The molecule has 1 aliphatic rings. The van der Waals surface area contributed by atoms with Crippen molar-refractivity contribution in [3.63, 3.8) is 0 Å². The molecule has 2 atom stereocenters. The molecule has 0 saturated heterocycles. The van der Waals surface area contributed by atoms with Gasteiger partial charge >= 0.3 is 0 Å². The van der Waals surface area contributed by atoms with E-state index in [0.717, 1.165) is 31.2 Å². The quantitative estimate of drug-likeness (QED) is 0.810. The molecule has 2 heteroatoms. The van der Waals surface area contributed by atoms with E-state index < -0.39 is 5.60 Å². The Hall–Kier alpha value is -0.890. The fraction of sp³-hybridized carbons (Fsp3) is 0.571. The smallest absolute Gasteiger partial charge is 0.123 e. The summed E-state index contributed by atoms with van der Waals surface area (Å²) in [5, 5.41) is 10.8. The van der Waals surface area contributed by atoms with Gasteiger partial charge in [-0.2, -0.15) is 0 Å². The molecule has 1 fully saturated rings. The van der Waals surface area contributed by atoms with Crippen LogP contribution in [-0.2, 0) is 5.60 Å². The third kappa shape index (κ3) is 1.99. The molecular weight excluding hydrogens is 203 g/mol. The number of halogens is 1. The standard InChI is InChI=1S/C14H19FO/c1-2-11-5-3-4-10-14(11,16)12-6-8-13(15)9-7-12/h6-9,11,16H,2-5,10H2,1H3. The van der Waals surface area contributed by atoms with Crippen LogP contribution in [0.2, 0.25) is 0 Å². The molecule has 1 aliphatic carbocycles. The van der Waals surface area contributed by atoms with Gasteiger partial charge in [0.25, 0.3) is 0 Å². The lowest BCUT2D eigenvalue weighted by Crippen LogP contribution is -2.37. The zero-order valence-electron chi connectivity index (χ0n) is 9.75. The second-order valence-electron chi connectivity index (χ2n) is 4.78. The highest BCUT2D eigenvalue weighted by atomic mass is 19.1. The zero-order chi connectivity index (χ0) is 11.6. The van der Waals surface area contributed by atoms with Gasteiger partial charge in [0.1, 0.15) is 5.82 Å². The van der Waals surface area contributed by atoms with E-state index >= 15 is 0 Å². The van der Waals surface area contributed by atoms with Crippen molar-refractivity contribution in [3.05, 3.63) is 35.6 Å². The number of rotatable bonds is 2. The van der Waals surface area contributed by atoms with Gasteiger partial charge in [-0.15, -0.1) is 0 Å². The van der Waals surface area contributed by atoms with Gasteiger partial charge in [0.05, 0.1) is 5.60 Å². The first-order valence-corrected chi connectivity index (χ1v) is 6.15. The van der Waals surface area contributed by atoms with Gasteiger partial charge in [-0.05, 0) is 36.5 Å². The fourth-order valence-electron chi connectivity index (χ4n) is 2.89. The minimum Gasteiger partial charge on any atom is -0.385 e. The van der Waals surface area contributed by atoms with Crippen LogP contribution in [0.5, 0.6) is 0 Å². The van der Waals surface area contributed by atoms with Gasteiger partial charge in [0, 0.05) is 0 Å². The van der Waals surface area contributed by atoms with Crippen molar-refractivity contribution < 1.29 is 9.50 Å². The van der Waals surface area contributed by atoms with Crippen LogP contribution in [0.4, 0.5) is 4.39 Å². The Morgan fingerprint density at radius 3 is 2.62 bits per heavy atom. The predicted octanol–water partition coefficient (Wildman–Crippen LogP) is 3.61. The van der Waals surface area contributed by atoms with Gasteiger partial charge in [-0.3, -0.25) is 0 Å². The Labute approximate surface area is 96.3 Å². The van der Waals surface area contributed by atoms with Crippen molar-refractivity contribution in [2.45, 2.75) is 44.6 Å². The third-order valence-corrected chi connectivity index (χ3v) is 3.87. The lowest BCUT2D eigenvalue weighted by molar-refractivity contribution is -0.0557. The van der Waals surface area contributed by atoms with Crippen molar-refractivity contribution in [1.82, 2.24) is 0 Å². The molecule has 1 nitrogen and oxygen atoms in total. The highest BCUT2D eigenvalue weighted by Crippen LogP contribution is 2.43. The SMILES string of the molecule is CCC1CCCCC1(O)c1ccc(F)cc1. The lowest BCUT2D eigenvalue weighted by atomic mass is 9.70. The summed E-state index contributed by atoms with van der Waals surface area (Å²) in [5.74, 6) is 0.0721. The van der Waals surface area contributed by atoms with Crippen molar-refractivity contribution in [2.24, 2.45) is 5.92 Å². The number of hydrogen-bond donors (Lipinski definition) is 1. The molecule has 0 spiro atoms. The third-order valence-electron chi connectivity index (χ3n) is 3.87. The molecule has 0 bridgehead atoms. The Morgan fingerprint density at radius 2 is 2.00 bits per heavy atom. The largest absolute Gasteiger partial charge is 0.385 e. The fourth-order valence-corrected chi connectivity index (χ4v) is 2.89. The zero-order valence-corrected chi connectivity index (χ0v) is 9.75. The molecule has 0 heterocycles. The topological polar surface area (TPSA) is 20.2 Å². The summed E-state index contributed by atoms with van der Waals surface area (Å²) in [5.41, 5.74) is 0.140. The highest BCUT2D eigenvalue weighted by molar-refractivity contribution is 5.24. The number of hydrogen-bond acceptors (Lipinski definition) is 1. The maximum atomic E-state index is 12.9. The summed E-state index contributed by atoms with van der Waals surface area (Å²) in [6.07, 6.45) is 5.11. The van der Waals surface area contributed by atoms with Crippen LogP contribution in [0.1, 0.15) is 44.6 Å². The first kappa shape index (κ1) is 11.6. The van der Waals surface area contributed by atoms with E-state index in [1.54, 1.807) is 12.1 Å². The van der Waals surface area contributed by atoms with Crippen LogP contribution < -0.4 is 0 Å². The molecule has 1 aromatic rings. The summed E-state index contributed by atoms with van der Waals surface area (Å²) in [6, 6.07) is 6.33. The van der Waals surface area contributed by atoms with E-state index in [2.05, 4.69) is 6.92 Å². The van der Waals surface area contributed by atoms with Gasteiger partial charge in [-0.1, -0.05) is 38.3 Å². The molecule has 16 heavy (non-hydrogen) atoms. The first-order valence-electron chi connectivity index (χ1n) is 6.15. The van der Waals surface area contributed by atoms with Crippen LogP contribution in [0, 0.1) is 11.7 Å². The van der Waals surface area contributed by atoms with E-state index in [1.165, 1.54) is 18.6 Å². The number of benzene rings is 1. The van der Waals surface area contributed by atoms with Crippen molar-refractivity contribution in [1.29, 1.82) is 0 Å². The monoisotopic (exact) mass is 222 g/mol. The summed E-state index contributed by atoms with van der Waals surface area (Å²) >= 11 is 0. The Balaban J connectivity index is 2.31. The van der Waals surface area contributed by atoms with E-state index in [0.29, 0.717) is 5.92 Å². The molecule has 0 aliphatic heterocycles. The highest BCUT2D eigenvalue weighted by Gasteiger charge is 2.39. The maximum Gasteiger partial charge on any atom is 0.123 e. The normalized spacial score (nSPS) is 30.3. The summed E-state index contributed by atoms with van der Waals surface area (Å²) in [4.78, 5) is 0. The van der Waals surface area contributed by atoms with Gasteiger partial charge in [0.2, 0.25) is 0 Å². The molecule has 88 valence electrons. The van der Waals surface area contributed by atoms with Crippen molar-refractivity contribution >= 4 is 0 Å². The summed E-state index contributed by atoms with van der Waals surface area (Å²) in [7, 11) is 0. The molecule has 1 saturated carbocycles. The van der Waals surface area contributed by atoms with E-state index in [1.807, 2.05) is 0 Å². The lowest BCUT2D eigenvalue weighted by Gasteiger charge is -2.40. The molecule has 2 rings (SSSR count). The average Bonchev–Trinajstić information content (AvgIpc) is 2.30. The van der Waals surface area contributed by atoms with Gasteiger partial charge in [0.15, 0.2) is 0 Å². The van der Waals surface area contributed by atoms with Crippen molar-refractivity contribution in [2.75, 3.05) is 0 Å². The van der Waals surface area contributed by atoms with Crippen LogP contribution in [0.25, 0.3) is 0 Å². The molecular formula is C14H19FO. The Morgan fingerprint density at radius 1 is 1.31 bits per heavy atom. The molecule has 1 N–H and O–H groups in total. The van der Waals surface area contributed by atoms with Gasteiger partial charge in [-0.25, -0.2) is 4.39 Å². The minimum atomic E-state index is -0.735. The van der Waals surface area contributed by atoms with E-state index in [4.69, 9.17) is 0 Å². The van der Waals surface area contributed by atoms with Crippen molar-refractivity contribution in [3.8, 4) is 0 Å². The number of aliphatic hydroxyl groups is 1. The van der Waals surface area contributed by atoms with E-state index in [-0.39, 0.29) is 5.82 Å². The predicted molar refractivity (Wildman–Crippen MR) is 62.5 cm³/mol. The van der Waals surface area contributed by atoms with E-state index in [9.17, 15) is 9.50 Å². The average molecular weight is 222 g/mol. The van der Waals surface area contributed by atoms with Crippen LogP contribution in [-0.4, -0.2) is 5.11 Å². The molecule has 2 unspecified atom stereocenters. The van der Waals surface area contributed by atoms with Crippen LogP contribution >= 0.6 is 0 Å². The molecule has 0 amide bonds. The summed E-state index contributed by atoms with van der Waals surface area (Å²) < 4.78 is 12.9. The molecule has 0 aromatic heterocycles. The second kappa shape index (κ2) is 4.54. The maximum absolute atomic E-state index is 12.9. The van der Waals surface area contributed by atoms with Crippen LogP contribution in [0.15, 0.2) is 24.3 Å². The minimum absolute atomic E-state index is 0.240. The summed E-state index contributed by atoms with van der Waals surface area (Å²) in [6.45, 7) is 2.12. The first-order chi connectivity index (χ1) is 7.66. The van der Waals surface area contributed by atoms with Crippen LogP contribution in [0.3, 0.4) is 0 Å². The second-order valence-corrected chi connectivity index (χ2v) is 4.78. The Bertz CT molecular complexity index is 346.